The predicted octanol–water partition coefficient (Wildman–Crippen LogP) is 2.77. The monoisotopic (exact) mass is 238 g/mol. The van der Waals surface area contributed by atoms with E-state index >= 15 is 0 Å². The number of esters is 1. The standard InChI is InChI=1S/C14H22O3/c1-5-14(4,16)11-7-8-12(3)9-10-13(15)17-6-2/h5,8-10,16H,1,6-7,11H2,2-4H3/b10-9+,12-8+. The third kappa shape index (κ3) is 8.46. The number of aliphatic hydroxyl groups is 1. The van der Waals surface area contributed by atoms with Crippen molar-refractivity contribution in [1.29, 1.82) is 0 Å². The number of carbonyl (C=O) groups excluding carboxylic acids is 1. The lowest BCUT2D eigenvalue weighted by Crippen LogP contribution is -2.19. The number of hydrogen-bond acceptors (Lipinski definition) is 3. The summed E-state index contributed by atoms with van der Waals surface area (Å²) in [6, 6.07) is 0. The molecule has 0 aliphatic heterocycles. The highest BCUT2D eigenvalue weighted by atomic mass is 16.5. The van der Waals surface area contributed by atoms with Gasteiger partial charge in [-0.25, -0.2) is 4.79 Å². The molecule has 0 aromatic rings. The van der Waals surface area contributed by atoms with Crippen molar-refractivity contribution >= 4 is 5.97 Å². The van der Waals surface area contributed by atoms with E-state index in [-0.39, 0.29) is 5.97 Å². The Morgan fingerprint density at radius 1 is 1.47 bits per heavy atom. The first-order valence-electron chi connectivity index (χ1n) is 5.79. The summed E-state index contributed by atoms with van der Waals surface area (Å²) in [5.41, 5.74) is 0.139. The summed E-state index contributed by atoms with van der Waals surface area (Å²) in [5, 5.41) is 9.68. The van der Waals surface area contributed by atoms with Gasteiger partial charge in [-0.05, 0) is 33.6 Å². The highest BCUT2D eigenvalue weighted by Crippen LogP contribution is 2.14. The largest absolute Gasteiger partial charge is 0.463 e. The van der Waals surface area contributed by atoms with Gasteiger partial charge in [-0.1, -0.05) is 23.8 Å². The van der Waals surface area contributed by atoms with Crippen LogP contribution in [0.1, 0.15) is 33.6 Å². The molecule has 3 heteroatoms. The molecule has 3 nitrogen and oxygen atoms in total. The lowest BCUT2D eigenvalue weighted by molar-refractivity contribution is -0.137. The summed E-state index contributed by atoms with van der Waals surface area (Å²) >= 11 is 0. The average Bonchev–Trinajstić information content (AvgIpc) is 2.26. The molecule has 0 saturated heterocycles. The molecule has 96 valence electrons. The molecule has 0 radical (unpaired) electrons. The number of carbonyl (C=O) groups is 1. The highest BCUT2D eigenvalue weighted by Gasteiger charge is 2.12. The van der Waals surface area contributed by atoms with E-state index in [2.05, 4.69) is 6.58 Å². The van der Waals surface area contributed by atoms with Crippen molar-refractivity contribution in [2.75, 3.05) is 6.61 Å². The van der Waals surface area contributed by atoms with Crippen molar-refractivity contribution in [3.8, 4) is 0 Å². The Balaban J connectivity index is 4.10. The Morgan fingerprint density at radius 2 is 2.12 bits per heavy atom. The zero-order valence-electron chi connectivity index (χ0n) is 10.9. The molecular formula is C14H22O3. The summed E-state index contributed by atoms with van der Waals surface area (Å²) < 4.78 is 4.76. The van der Waals surface area contributed by atoms with Gasteiger partial charge in [-0.15, -0.1) is 6.58 Å². The average molecular weight is 238 g/mol. The van der Waals surface area contributed by atoms with Crippen LogP contribution in [0, 0.1) is 0 Å². The first-order valence-corrected chi connectivity index (χ1v) is 5.79. The van der Waals surface area contributed by atoms with Crippen molar-refractivity contribution < 1.29 is 14.6 Å². The molecule has 0 bridgehead atoms. The van der Waals surface area contributed by atoms with Gasteiger partial charge in [-0.3, -0.25) is 0 Å². The maximum atomic E-state index is 11.0. The van der Waals surface area contributed by atoms with Crippen molar-refractivity contribution in [2.24, 2.45) is 0 Å². The quantitative estimate of drug-likeness (QED) is 0.321. The number of allylic oxidation sites excluding steroid dienone is 3. The topological polar surface area (TPSA) is 46.5 Å². The number of rotatable bonds is 7. The van der Waals surface area contributed by atoms with Gasteiger partial charge in [0.15, 0.2) is 0 Å². The van der Waals surface area contributed by atoms with Gasteiger partial charge in [0.25, 0.3) is 0 Å². The van der Waals surface area contributed by atoms with Crippen LogP contribution < -0.4 is 0 Å². The Morgan fingerprint density at radius 3 is 2.65 bits per heavy atom. The lowest BCUT2D eigenvalue weighted by Gasteiger charge is -2.16. The molecule has 0 spiro atoms. The zero-order valence-corrected chi connectivity index (χ0v) is 10.9. The Kier molecular flexibility index (Phi) is 7.22. The molecule has 0 aromatic heterocycles. The van der Waals surface area contributed by atoms with Crippen LogP contribution in [0.2, 0.25) is 0 Å². The van der Waals surface area contributed by atoms with E-state index in [0.717, 1.165) is 12.0 Å². The first kappa shape index (κ1) is 15.7. The normalized spacial score (nSPS) is 15.6. The molecule has 0 amide bonds. The molecule has 1 N–H and O–H groups in total. The van der Waals surface area contributed by atoms with Crippen LogP contribution in [0.25, 0.3) is 0 Å². The first-order chi connectivity index (χ1) is 7.91. The fourth-order valence-electron chi connectivity index (χ4n) is 1.15. The van der Waals surface area contributed by atoms with Crippen molar-refractivity contribution in [1.82, 2.24) is 0 Å². The molecule has 0 fully saturated rings. The fraction of sp³-hybridized carbons (Fsp3) is 0.500. The zero-order chi connectivity index (χ0) is 13.3. The third-order valence-corrected chi connectivity index (χ3v) is 2.33. The summed E-state index contributed by atoms with van der Waals surface area (Å²) in [6.45, 7) is 9.34. The Bertz CT molecular complexity index is 311. The molecule has 0 aromatic carbocycles. The molecule has 0 aliphatic rings. The van der Waals surface area contributed by atoms with E-state index in [0.29, 0.717) is 13.0 Å². The van der Waals surface area contributed by atoms with Crippen LogP contribution in [0.4, 0.5) is 0 Å². The summed E-state index contributed by atoms with van der Waals surface area (Å²) in [7, 11) is 0. The molecule has 0 rings (SSSR count). The summed E-state index contributed by atoms with van der Waals surface area (Å²) in [5.74, 6) is -0.335. The third-order valence-electron chi connectivity index (χ3n) is 2.33. The van der Waals surface area contributed by atoms with Crippen LogP contribution >= 0.6 is 0 Å². The van der Waals surface area contributed by atoms with E-state index in [1.165, 1.54) is 12.2 Å². The van der Waals surface area contributed by atoms with Gasteiger partial charge in [0.2, 0.25) is 0 Å². The smallest absolute Gasteiger partial charge is 0.330 e. The number of ether oxygens (including phenoxy) is 1. The minimum atomic E-state index is -0.832. The summed E-state index contributed by atoms with van der Waals surface area (Å²) in [4.78, 5) is 11.0. The summed E-state index contributed by atoms with van der Waals surface area (Å²) in [6.07, 6.45) is 7.96. The van der Waals surface area contributed by atoms with E-state index in [1.54, 1.807) is 19.9 Å². The minimum absolute atomic E-state index is 0.335. The van der Waals surface area contributed by atoms with Gasteiger partial charge >= 0.3 is 5.97 Å². The van der Waals surface area contributed by atoms with Crippen LogP contribution in [0.3, 0.4) is 0 Å². The van der Waals surface area contributed by atoms with Crippen LogP contribution in [0.5, 0.6) is 0 Å². The van der Waals surface area contributed by atoms with Crippen molar-refractivity contribution in [3.63, 3.8) is 0 Å². The maximum absolute atomic E-state index is 11.0. The van der Waals surface area contributed by atoms with E-state index in [4.69, 9.17) is 4.74 Å². The van der Waals surface area contributed by atoms with Gasteiger partial charge < -0.3 is 9.84 Å². The van der Waals surface area contributed by atoms with Crippen molar-refractivity contribution in [3.05, 3.63) is 36.5 Å². The van der Waals surface area contributed by atoms with Gasteiger partial charge in [0.05, 0.1) is 12.2 Å². The SMILES string of the molecule is C=CC(C)(O)CC/C=C(C)/C=C/C(=O)OCC. The second kappa shape index (κ2) is 7.85. The van der Waals surface area contributed by atoms with Crippen molar-refractivity contribution in [2.45, 2.75) is 39.2 Å². The van der Waals surface area contributed by atoms with Gasteiger partial charge in [-0.2, -0.15) is 0 Å². The molecule has 1 unspecified atom stereocenters. The van der Waals surface area contributed by atoms with Crippen LogP contribution in [-0.4, -0.2) is 23.3 Å². The molecule has 0 heterocycles. The van der Waals surface area contributed by atoms with E-state index in [9.17, 15) is 9.90 Å². The molecular weight excluding hydrogens is 216 g/mol. The van der Waals surface area contributed by atoms with Crippen LogP contribution in [0.15, 0.2) is 36.5 Å². The van der Waals surface area contributed by atoms with Gasteiger partial charge in [0.1, 0.15) is 0 Å². The van der Waals surface area contributed by atoms with E-state index in [1.807, 2.05) is 13.0 Å². The molecule has 0 aliphatic carbocycles. The molecule has 1 atom stereocenters. The molecule has 17 heavy (non-hydrogen) atoms. The predicted molar refractivity (Wildman–Crippen MR) is 69.6 cm³/mol. The number of hydrogen-bond donors (Lipinski definition) is 1. The lowest BCUT2D eigenvalue weighted by atomic mass is 10.00. The fourth-order valence-corrected chi connectivity index (χ4v) is 1.15. The molecule has 0 saturated carbocycles. The van der Waals surface area contributed by atoms with E-state index < -0.39 is 5.60 Å². The minimum Gasteiger partial charge on any atom is -0.463 e. The highest BCUT2D eigenvalue weighted by molar-refractivity contribution is 5.82. The Labute approximate surface area is 103 Å². The second-order valence-electron chi connectivity index (χ2n) is 4.13. The maximum Gasteiger partial charge on any atom is 0.330 e. The second-order valence-corrected chi connectivity index (χ2v) is 4.13. The Hall–Kier alpha value is -1.35. The van der Waals surface area contributed by atoms with Gasteiger partial charge in [0, 0.05) is 6.08 Å². The van der Waals surface area contributed by atoms with Crippen LogP contribution in [-0.2, 0) is 9.53 Å².